The SMILES string of the molecule is O=C(Nc1cnn(Cc2ccccc2)c1)c1ccc(CS(=O)(=O)c2ccccc2)cc1. The van der Waals surface area contributed by atoms with E-state index in [9.17, 15) is 13.2 Å². The van der Waals surface area contributed by atoms with E-state index in [-0.39, 0.29) is 16.6 Å². The average Bonchev–Trinajstić information content (AvgIpc) is 3.22. The molecule has 4 aromatic rings. The van der Waals surface area contributed by atoms with Crippen molar-refractivity contribution in [2.75, 3.05) is 5.32 Å². The molecule has 0 aliphatic rings. The van der Waals surface area contributed by atoms with E-state index in [2.05, 4.69) is 10.4 Å². The Kier molecular flexibility index (Phi) is 5.95. The summed E-state index contributed by atoms with van der Waals surface area (Å²) in [6.07, 6.45) is 3.37. The van der Waals surface area contributed by atoms with E-state index < -0.39 is 9.84 Å². The molecule has 0 unspecified atom stereocenters. The minimum absolute atomic E-state index is 0.120. The molecule has 156 valence electrons. The predicted molar refractivity (Wildman–Crippen MR) is 119 cm³/mol. The van der Waals surface area contributed by atoms with Gasteiger partial charge in [0.25, 0.3) is 5.91 Å². The molecule has 0 spiro atoms. The smallest absolute Gasteiger partial charge is 0.255 e. The van der Waals surface area contributed by atoms with Crippen molar-refractivity contribution in [2.45, 2.75) is 17.2 Å². The highest BCUT2D eigenvalue weighted by atomic mass is 32.2. The van der Waals surface area contributed by atoms with Gasteiger partial charge in [0.15, 0.2) is 9.84 Å². The largest absolute Gasteiger partial charge is 0.319 e. The number of benzene rings is 3. The van der Waals surface area contributed by atoms with Gasteiger partial charge in [0.2, 0.25) is 0 Å². The van der Waals surface area contributed by atoms with Crippen molar-refractivity contribution in [1.29, 1.82) is 0 Å². The maximum absolute atomic E-state index is 12.5. The molecule has 0 bridgehead atoms. The van der Waals surface area contributed by atoms with Crippen molar-refractivity contribution in [2.24, 2.45) is 0 Å². The van der Waals surface area contributed by atoms with E-state index in [0.717, 1.165) is 5.56 Å². The van der Waals surface area contributed by atoms with Crippen molar-refractivity contribution in [3.05, 3.63) is 114 Å². The van der Waals surface area contributed by atoms with Gasteiger partial charge < -0.3 is 5.32 Å². The first-order valence-corrected chi connectivity index (χ1v) is 11.4. The molecular formula is C24H21N3O3S. The number of nitrogens with zero attached hydrogens (tertiary/aromatic N) is 2. The first-order valence-electron chi connectivity index (χ1n) is 9.74. The minimum Gasteiger partial charge on any atom is -0.319 e. The molecule has 6 nitrogen and oxygen atoms in total. The normalized spacial score (nSPS) is 11.2. The monoisotopic (exact) mass is 431 g/mol. The van der Waals surface area contributed by atoms with Gasteiger partial charge in [-0.25, -0.2) is 8.42 Å². The Labute approximate surface area is 181 Å². The van der Waals surface area contributed by atoms with E-state index in [0.29, 0.717) is 23.4 Å². The van der Waals surface area contributed by atoms with Crippen LogP contribution >= 0.6 is 0 Å². The number of aromatic nitrogens is 2. The van der Waals surface area contributed by atoms with E-state index in [1.165, 1.54) is 0 Å². The van der Waals surface area contributed by atoms with Crippen LogP contribution in [0.2, 0.25) is 0 Å². The minimum atomic E-state index is -3.43. The average molecular weight is 432 g/mol. The number of amides is 1. The molecule has 0 aliphatic heterocycles. The molecule has 1 amide bonds. The lowest BCUT2D eigenvalue weighted by Crippen LogP contribution is -2.12. The number of rotatable bonds is 7. The predicted octanol–water partition coefficient (Wildman–Crippen LogP) is 4.16. The molecule has 1 heterocycles. The molecule has 1 N–H and O–H groups in total. The van der Waals surface area contributed by atoms with Crippen LogP contribution in [0.1, 0.15) is 21.5 Å². The quantitative estimate of drug-likeness (QED) is 0.476. The Balaban J connectivity index is 1.39. The Morgan fingerprint density at radius 1 is 0.839 bits per heavy atom. The number of hydrogen-bond donors (Lipinski definition) is 1. The molecule has 0 atom stereocenters. The van der Waals surface area contributed by atoms with E-state index >= 15 is 0 Å². The highest BCUT2D eigenvalue weighted by Gasteiger charge is 2.15. The summed E-state index contributed by atoms with van der Waals surface area (Å²) in [7, 11) is -3.43. The number of carbonyl (C=O) groups excluding carboxylic acids is 1. The molecule has 0 radical (unpaired) electrons. The summed E-state index contributed by atoms with van der Waals surface area (Å²) in [6, 6.07) is 24.8. The second-order valence-corrected chi connectivity index (χ2v) is 9.12. The van der Waals surface area contributed by atoms with Gasteiger partial charge in [0.05, 0.1) is 29.1 Å². The van der Waals surface area contributed by atoms with E-state index in [1.54, 1.807) is 71.7 Å². The molecule has 0 fully saturated rings. The fourth-order valence-electron chi connectivity index (χ4n) is 3.17. The van der Waals surface area contributed by atoms with Gasteiger partial charge in [-0.3, -0.25) is 9.48 Å². The highest BCUT2D eigenvalue weighted by molar-refractivity contribution is 7.90. The van der Waals surface area contributed by atoms with Gasteiger partial charge in [-0.05, 0) is 35.4 Å². The molecule has 1 aromatic heterocycles. The van der Waals surface area contributed by atoms with Gasteiger partial charge in [-0.15, -0.1) is 0 Å². The Bertz CT molecular complexity index is 1270. The van der Waals surface area contributed by atoms with Crippen molar-refractivity contribution in [3.63, 3.8) is 0 Å². The van der Waals surface area contributed by atoms with Crippen LogP contribution < -0.4 is 5.32 Å². The number of hydrogen-bond acceptors (Lipinski definition) is 4. The molecule has 4 rings (SSSR count). The van der Waals surface area contributed by atoms with Crippen LogP contribution in [0.15, 0.2) is 102 Å². The zero-order valence-electron chi connectivity index (χ0n) is 16.7. The van der Waals surface area contributed by atoms with Gasteiger partial charge in [-0.2, -0.15) is 5.10 Å². The van der Waals surface area contributed by atoms with Crippen molar-refractivity contribution in [1.82, 2.24) is 9.78 Å². The molecule has 3 aromatic carbocycles. The lowest BCUT2D eigenvalue weighted by molar-refractivity contribution is 0.102. The third-order valence-corrected chi connectivity index (χ3v) is 6.46. The molecule has 31 heavy (non-hydrogen) atoms. The van der Waals surface area contributed by atoms with Crippen LogP contribution in [0, 0.1) is 0 Å². The summed E-state index contributed by atoms with van der Waals surface area (Å²) in [5.41, 5.74) is 2.77. The second kappa shape index (κ2) is 8.97. The molecule has 0 saturated heterocycles. The van der Waals surface area contributed by atoms with Crippen LogP contribution in [-0.4, -0.2) is 24.1 Å². The Morgan fingerprint density at radius 2 is 1.48 bits per heavy atom. The maximum atomic E-state index is 12.5. The van der Waals surface area contributed by atoms with Gasteiger partial charge in [0, 0.05) is 11.8 Å². The van der Waals surface area contributed by atoms with Crippen molar-refractivity contribution in [3.8, 4) is 0 Å². The zero-order chi connectivity index (χ0) is 21.7. The molecule has 0 saturated carbocycles. The molecule has 0 aliphatic carbocycles. The van der Waals surface area contributed by atoms with Gasteiger partial charge in [-0.1, -0.05) is 60.7 Å². The van der Waals surface area contributed by atoms with E-state index in [1.807, 2.05) is 30.3 Å². The summed E-state index contributed by atoms with van der Waals surface area (Å²) in [4.78, 5) is 12.8. The summed E-state index contributed by atoms with van der Waals surface area (Å²) >= 11 is 0. The van der Waals surface area contributed by atoms with Gasteiger partial charge >= 0.3 is 0 Å². The topological polar surface area (TPSA) is 81.1 Å². The van der Waals surface area contributed by atoms with E-state index in [4.69, 9.17) is 0 Å². The zero-order valence-corrected chi connectivity index (χ0v) is 17.5. The van der Waals surface area contributed by atoms with Crippen LogP contribution in [0.4, 0.5) is 5.69 Å². The summed E-state index contributed by atoms with van der Waals surface area (Å²) in [5, 5.41) is 7.09. The fraction of sp³-hybridized carbons (Fsp3) is 0.0833. The van der Waals surface area contributed by atoms with Crippen molar-refractivity contribution >= 4 is 21.4 Å². The first-order chi connectivity index (χ1) is 15.0. The Morgan fingerprint density at radius 3 is 2.16 bits per heavy atom. The van der Waals surface area contributed by atoms with Crippen molar-refractivity contribution < 1.29 is 13.2 Å². The second-order valence-electron chi connectivity index (χ2n) is 7.14. The summed E-state index contributed by atoms with van der Waals surface area (Å²) in [5.74, 6) is -0.401. The third kappa shape index (κ3) is 5.26. The summed E-state index contributed by atoms with van der Waals surface area (Å²) < 4.78 is 26.8. The number of nitrogens with one attached hydrogen (secondary N) is 1. The summed E-state index contributed by atoms with van der Waals surface area (Å²) in [6.45, 7) is 0.612. The van der Waals surface area contributed by atoms with Gasteiger partial charge in [0.1, 0.15) is 0 Å². The van der Waals surface area contributed by atoms with Crippen LogP contribution in [-0.2, 0) is 22.1 Å². The number of carbonyl (C=O) groups is 1. The molecular weight excluding hydrogens is 410 g/mol. The first kappa shape index (κ1) is 20.6. The number of anilines is 1. The lowest BCUT2D eigenvalue weighted by atomic mass is 10.1. The maximum Gasteiger partial charge on any atom is 0.255 e. The highest BCUT2D eigenvalue weighted by Crippen LogP contribution is 2.17. The van der Waals surface area contributed by atoms with Crippen LogP contribution in [0.5, 0.6) is 0 Å². The standard InChI is InChI=1S/C24H21N3O3S/c28-24(26-22-15-25-27(17-22)16-19-7-3-1-4-8-19)21-13-11-20(12-14-21)18-31(29,30)23-9-5-2-6-10-23/h1-15,17H,16,18H2,(H,26,28). The van der Waals surface area contributed by atoms with Crippen LogP contribution in [0.3, 0.4) is 0 Å². The fourth-order valence-corrected chi connectivity index (χ4v) is 4.54. The van der Waals surface area contributed by atoms with Crippen LogP contribution in [0.25, 0.3) is 0 Å². The lowest BCUT2D eigenvalue weighted by Gasteiger charge is -2.06. The number of sulfone groups is 1. The Hall–Kier alpha value is -3.71. The molecule has 7 heteroatoms. The third-order valence-electron chi connectivity index (χ3n) is 4.75.